The maximum absolute atomic E-state index is 12.2. The number of amides is 2. The van der Waals surface area contributed by atoms with Crippen LogP contribution in [0, 0.1) is 17.0 Å². The number of thiophene rings is 1. The van der Waals surface area contributed by atoms with E-state index >= 15 is 0 Å². The third-order valence-electron chi connectivity index (χ3n) is 3.08. The van der Waals surface area contributed by atoms with Gasteiger partial charge in [-0.15, -0.1) is 11.3 Å². The largest absolute Gasteiger partial charge is 0.365 e. The van der Waals surface area contributed by atoms with E-state index in [2.05, 4.69) is 15.5 Å². The fourth-order valence-electron chi connectivity index (χ4n) is 2.10. The van der Waals surface area contributed by atoms with Gasteiger partial charge in [-0.05, 0) is 18.9 Å². The lowest BCUT2D eigenvalue weighted by atomic mass is 10.1. The monoisotopic (exact) mass is 323 g/mol. The number of anilines is 1. The highest BCUT2D eigenvalue weighted by molar-refractivity contribution is 7.16. The summed E-state index contributed by atoms with van der Waals surface area (Å²) in [6, 6.07) is 0. The molecular weight excluding hydrogens is 310 g/mol. The number of hydrogen-bond donors (Lipinski definition) is 3. The Morgan fingerprint density at radius 2 is 2.23 bits per heavy atom. The van der Waals surface area contributed by atoms with E-state index in [1.807, 2.05) is 13.8 Å². The van der Waals surface area contributed by atoms with Gasteiger partial charge in [0.2, 0.25) is 5.69 Å². The number of rotatable bonds is 5. The van der Waals surface area contributed by atoms with E-state index in [4.69, 9.17) is 5.73 Å². The number of primary amides is 1. The number of aromatic nitrogens is 2. The molecule has 0 aliphatic rings. The van der Waals surface area contributed by atoms with Gasteiger partial charge < -0.3 is 11.1 Å². The van der Waals surface area contributed by atoms with Crippen molar-refractivity contribution in [3.63, 3.8) is 0 Å². The number of nitrogens with zero attached hydrogens (tertiary/aromatic N) is 2. The number of carbonyl (C=O) groups is 2. The van der Waals surface area contributed by atoms with Gasteiger partial charge in [0.25, 0.3) is 11.8 Å². The Bertz CT molecular complexity index is 764. The fraction of sp³-hybridized carbons (Fsp3) is 0.250. The van der Waals surface area contributed by atoms with Gasteiger partial charge in [0, 0.05) is 4.88 Å². The van der Waals surface area contributed by atoms with Crippen molar-refractivity contribution in [1.82, 2.24) is 10.2 Å². The van der Waals surface area contributed by atoms with E-state index in [1.54, 1.807) is 0 Å². The van der Waals surface area contributed by atoms with Crippen molar-refractivity contribution in [3.05, 3.63) is 38.0 Å². The van der Waals surface area contributed by atoms with Crippen molar-refractivity contribution < 1.29 is 14.5 Å². The molecule has 10 heteroatoms. The van der Waals surface area contributed by atoms with Gasteiger partial charge in [-0.3, -0.25) is 24.8 Å². The van der Waals surface area contributed by atoms with Crippen LogP contribution in [0.4, 0.5) is 10.7 Å². The molecule has 2 amide bonds. The van der Waals surface area contributed by atoms with Crippen LogP contribution >= 0.6 is 11.3 Å². The molecule has 0 spiro atoms. The standard InChI is InChI=1S/C12H13N5O4S/c1-3-6-5(2)22-12(8(6)10(13)18)15-11(19)9-7(17(20)21)4-14-16-9/h4H,3H2,1-2H3,(H2,13,18)(H,14,16)(H,15,19). The predicted molar refractivity (Wildman–Crippen MR) is 80.1 cm³/mol. The molecule has 0 aliphatic heterocycles. The van der Waals surface area contributed by atoms with E-state index in [0.29, 0.717) is 6.42 Å². The number of nitrogens with one attached hydrogen (secondary N) is 2. The van der Waals surface area contributed by atoms with E-state index < -0.39 is 22.4 Å². The molecule has 0 saturated heterocycles. The minimum absolute atomic E-state index is 0.237. The normalized spacial score (nSPS) is 10.5. The molecule has 9 nitrogen and oxygen atoms in total. The van der Waals surface area contributed by atoms with Gasteiger partial charge in [0.15, 0.2) is 0 Å². The zero-order chi connectivity index (χ0) is 16.4. The second-order valence-corrected chi connectivity index (χ2v) is 5.62. The number of carbonyl (C=O) groups excluding carboxylic acids is 2. The van der Waals surface area contributed by atoms with Crippen molar-refractivity contribution in [2.45, 2.75) is 20.3 Å². The number of aryl methyl sites for hydroxylation is 1. The molecule has 0 unspecified atom stereocenters. The Morgan fingerprint density at radius 3 is 2.77 bits per heavy atom. The molecule has 0 atom stereocenters. The lowest BCUT2D eigenvalue weighted by molar-refractivity contribution is -0.385. The fourth-order valence-corrected chi connectivity index (χ4v) is 3.25. The van der Waals surface area contributed by atoms with Gasteiger partial charge in [0.05, 0.1) is 10.5 Å². The van der Waals surface area contributed by atoms with Gasteiger partial charge in [-0.2, -0.15) is 5.10 Å². The topological polar surface area (TPSA) is 144 Å². The van der Waals surface area contributed by atoms with Gasteiger partial charge in [-0.25, -0.2) is 0 Å². The molecule has 4 N–H and O–H groups in total. The number of H-pyrrole nitrogens is 1. The van der Waals surface area contributed by atoms with Crippen LogP contribution in [-0.2, 0) is 6.42 Å². The van der Waals surface area contributed by atoms with Crippen molar-refractivity contribution in [1.29, 1.82) is 0 Å². The Labute approximate surface area is 128 Å². The maximum atomic E-state index is 12.2. The van der Waals surface area contributed by atoms with Crippen LogP contribution in [0.15, 0.2) is 6.20 Å². The third kappa shape index (κ3) is 2.68. The Balaban J connectivity index is 2.39. The number of hydrogen-bond acceptors (Lipinski definition) is 6. The van der Waals surface area contributed by atoms with Gasteiger partial charge >= 0.3 is 5.69 Å². The first kappa shape index (κ1) is 15.6. The minimum Gasteiger partial charge on any atom is -0.365 e. The Hall–Kier alpha value is -2.75. The van der Waals surface area contributed by atoms with E-state index in [0.717, 1.165) is 16.6 Å². The maximum Gasteiger partial charge on any atom is 0.319 e. The summed E-state index contributed by atoms with van der Waals surface area (Å²) in [5.41, 5.74) is 5.63. The lowest BCUT2D eigenvalue weighted by Gasteiger charge is -2.04. The molecule has 2 aromatic rings. The number of aromatic amines is 1. The first-order chi connectivity index (χ1) is 10.4. The van der Waals surface area contributed by atoms with Crippen LogP contribution < -0.4 is 11.1 Å². The lowest BCUT2D eigenvalue weighted by Crippen LogP contribution is -2.18. The summed E-state index contributed by atoms with van der Waals surface area (Å²) in [5, 5.41) is 19.3. The molecule has 22 heavy (non-hydrogen) atoms. The van der Waals surface area contributed by atoms with Crippen LogP contribution in [0.2, 0.25) is 0 Å². The summed E-state index contributed by atoms with van der Waals surface area (Å²) >= 11 is 1.20. The summed E-state index contributed by atoms with van der Waals surface area (Å²) in [6.07, 6.45) is 1.53. The Kier molecular flexibility index (Phi) is 4.22. The predicted octanol–water partition coefficient (Wildman–Crippen LogP) is 1.60. The molecule has 0 fully saturated rings. The molecular formula is C12H13N5O4S. The summed E-state index contributed by atoms with van der Waals surface area (Å²) in [7, 11) is 0. The van der Waals surface area contributed by atoms with Gasteiger partial charge in [-0.1, -0.05) is 6.92 Å². The smallest absolute Gasteiger partial charge is 0.319 e. The van der Waals surface area contributed by atoms with Crippen LogP contribution in [0.25, 0.3) is 0 Å². The quantitative estimate of drug-likeness (QED) is 0.565. The Morgan fingerprint density at radius 1 is 1.55 bits per heavy atom. The average molecular weight is 323 g/mol. The van der Waals surface area contributed by atoms with Crippen LogP contribution in [-0.4, -0.2) is 26.9 Å². The number of nitro groups is 1. The highest BCUT2D eigenvalue weighted by Crippen LogP contribution is 2.33. The molecule has 2 rings (SSSR count). The molecule has 2 heterocycles. The minimum atomic E-state index is -0.754. The molecule has 0 radical (unpaired) electrons. The first-order valence-corrected chi connectivity index (χ1v) is 7.09. The second-order valence-electron chi connectivity index (χ2n) is 4.40. The summed E-state index contributed by atoms with van der Waals surface area (Å²) in [4.78, 5) is 34.7. The van der Waals surface area contributed by atoms with Crippen molar-refractivity contribution in [2.75, 3.05) is 5.32 Å². The molecule has 0 aromatic carbocycles. The van der Waals surface area contributed by atoms with Crippen molar-refractivity contribution in [3.8, 4) is 0 Å². The van der Waals surface area contributed by atoms with E-state index in [9.17, 15) is 19.7 Å². The zero-order valence-corrected chi connectivity index (χ0v) is 12.6. The summed E-state index contributed by atoms with van der Waals surface area (Å²) in [5.74, 6) is -1.41. The van der Waals surface area contributed by atoms with Crippen molar-refractivity contribution in [2.24, 2.45) is 5.73 Å². The van der Waals surface area contributed by atoms with Crippen LogP contribution in [0.5, 0.6) is 0 Å². The SMILES string of the molecule is CCc1c(C)sc(NC(=O)c2[nH]ncc2[N+](=O)[O-])c1C(N)=O. The third-order valence-corrected chi connectivity index (χ3v) is 4.14. The first-order valence-electron chi connectivity index (χ1n) is 6.28. The molecule has 0 bridgehead atoms. The van der Waals surface area contributed by atoms with Gasteiger partial charge in [0.1, 0.15) is 11.2 Å². The molecule has 0 saturated carbocycles. The average Bonchev–Trinajstić information content (AvgIpc) is 3.02. The highest BCUT2D eigenvalue weighted by Gasteiger charge is 2.26. The zero-order valence-electron chi connectivity index (χ0n) is 11.8. The molecule has 0 aliphatic carbocycles. The van der Waals surface area contributed by atoms with E-state index in [1.165, 1.54) is 11.3 Å². The van der Waals surface area contributed by atoms with Crippen molar-refractivity contribution >= 4 is 33.8 Å². The number of nitrogens with two attached hydrogens (primary N) is 1. The summed E-state index contributed by atoms with van der Waals surface area (Å²) < 4.78 is 0. The molecule has 116 valence electrons. The second kappa shape index (κ2) is 5.93. The van der Waals surface area contributed by atoms with Crippen LogP contribution in [0.1, 0.15) is 38.2 Å². The summed E-state index contributed by atoms with van der Waals surface area (Å²) in [6.45, 7) is 3.68. The van der Waals surface area contributed by atoms with Crippen LogP contribution in [0.3, 0.4) is 0 Å². The highest BCUT2D eigenvalue weighted by atomic mass is 32.1. The van der Waals surface area contributed by atoms with E-state index in [-0.39, 0.29) is 16.3 Å². The molecule has 2 aromatic heterocycles.